The van der Waals surface area contributed by atoms with Gasteiger partial charge in [-0.25, -0.2) is 9.18 Å². The van der Waals surface area contributed by atoms with Crippen LogP contribution >= 0.6 is 0 Å². The number of carboxylic acids is 1. The number of alkyl halides is 1. The van der Waals surface area contributed by atoms with Gasteiger partial charge in [-0.05, 0) is 19.9 Å². The molecule has 0 saturated carbocycles. The number of aromatic carboxylic acids is 1. The Morgan fingerprint density at radius 1 is 1.62 bits per heavy atom. The summed E-state index contributed by atoms with van der Waals surface area (Å²) in [5.41, 5.74) is -1.71. The van der Waals surface area contributed by atoms with E-state index in [1.54, 1.807) is 0 Å². The molecule has 0 aliphatic heterocycles. The number of carboxylic acid groups (broad SMARTS) is 1. The second-order valence-electron chi connectivity index (χ2n) is 3.11. The molecule has 0 fully saturated rings. The Hall–Kier alpha value is -1.52. The highest BCUT2D eigenvalue weighted by atomic mass is 19.1. The van der Waals surface area contributed by atoms with Gasteiger partial charge in [0.05, 0.1) is 11.8 Å². The molecule has 0 bridgehead atoms. The van der Waals surface area contributed by atoms with E-state index >= 15 is 0 Å². The molecule has 0 aromatic carbocycles. The molecule has 0 unspecified atom stereocenters. The average Bonchev–Trinajstić information content (AvgIpc) is 2.03. The van der Waals surface area contributed by atoms with E-state index in [1.807, 2.05) is 0 Å². The van der Waals surface area contributed by atoms with Crippen LogP contribution in [0.5, 0.6) is 0 Å². The molecule has 1 N–H and O–H groups in total. The highest BCUT2D eigenvalue weighted by Gasteiger charge is 2.22. The lowest BCUT2D eigenvalue weighted by molar-refractivity contribution is 0.0695. The topological polar surface area (TPSA) is 63.1 Å². The molecule has 0 aliphatic carbocycles. The number of nitrogens with zero attached hydrogens (tertiary/aromatic N) is 2. The summed E-state index contributed by atoms with van der Waals surface area (Å²) < 4.78 is 13.3. The van der Waals surface area contributed by atoms with Gasteiger partial charge in [-0.2, -0.15) is 10.2 Å². The lowest BCUT2D eigenvalue weighted by Crippen LogP contribution is -2.14. The van der Waals surface area contributed by atoms with Crippen LogP contribution in [0.2, 0.25) is 0 Å². The van der Waals surface area contributed by atoms with Crippen LogP contribution in [0.25, 0.3) is 0 Å². The zero-order valence-electron chi connectivity index (χ0n) is 7.28. The Morgan fingerprint density at radius 2 is 2.23 bits per heavy atom. The summed E-state index contributed by atoms with van der Waals surface area (Å²) in [6, 6.07) is 1.18. The van der Waals surface area contributed by atoms with Crippen molar-refractivity contribution in [1.29, 1.82) is 0 Å². The van der Waals surface area contributed by atoms with E-state index in [1.165, 1.54) is 19.9 Å². The summed E-state index contributed by atoms with van der Waals surface area (Å²) in [5, 5.41) is 15.5. The molecule has 13 heavy (non-hydrogen) atoms. The minimum atomic E-state index is -1.67. The first-order valence-electron chi connectivity index (χ1n) is 3.66. The van der Waals surface area contributed by atoms with E-state index < -0.39 is 11.6 Å². The maximum Gasteiger partial charge on any atom is 0.337 e. The highest BCUT2D eigenvalue weighted by molar-refractivity contribution is 5.87. The van der Waals surface area contributed by atoms with Gasteiger partial charge in [0.15, 0.2) is 0 Å². The molecule has 0 saturated heterocycles. The van der Waals surface area contributed by atoms with E-state index in [2.05, 4.69) is 10.2 Å². The van der Waals surface area contributed by atoms with Gasteiger partial charge in [0.1, 0.15) is 11.4 Å². The maximum absolute atomic E-state index is 13.3. The molecule has 70 valence electrons. The summed E-state index contributed by atoms with van der Waals surface area (Å²) in [7, 11) is 0. The molecule has 4 nitrogen and oxygen atoms in total. The molecule has 0 radical (unpaired) electrons. The van der Waals surface area contributed by atoms with Crippen molar-refractivity contribution in [1.82, 2.24) is 10.2 Å². The smallest absolute Gasteiger partial charge is 0.337 e. The van der Waals surface area contributed by atoms with Gasteiger partial charge in [-0.15, -0.1) is 0 Å². The van der Waals surface area contributed by atoms with Crippen molar-refractivity contribution in [3.8, 4) is 0 Å². The summed E-state index contributed by atoms with van der Waals surface area (Å²) >= 11 is 0. The Kier molecular flexibility index (Phi) is 2.27. The molecular weight excluding hydrogens is 175 g/mol. The standard InChI is InChI=1S/C8H9FN2O2/c1-8(2,9)6-3-5(7(12)13)4-10-11-6/h3-4H,1-2H3,(H,12,13). The maximum atomic E-state index is 13.3. The van der Waals surface area contributed by atoms with E-state index in [0.29, 0.717) is 0 Å². The quantitative estimate of drug-likeness (QED) is 0.754. The Labute approximate surface area is 74.4 Å². The zero-order valence-corrected chi connectivity index (χ0v) is 7.28. The molecule has 0 spiro atoms. The summed E-state index contributed by atoms with van der Waals surface area (Å²) in [6.07, 6.45) is 1.08. The molecule has 0 aliphatic rings. The molecule has 0 atom stereocenters. The molecule has 1 rings (SSSR count). The predicted octanol–water partition coefficient (Wildman–Crippen LogP) is 1.38. The lowest BCUT2D eigenvalue weighted by atomic mass is 10.1. The fourth-order valence-corrected chi connectivity index (χ4v) is 0.774. The Morgan fingerprint density at radius 3 is 2.69 bits per heavy atom. The molecule has 0 amide bonds. The fraction of sp³-hybridized carbons (Fsp3) is 0.375. The minimum Gasteiger partial charge on any atom is -0.478 e. The van der Waals surface area contributed by atoms with Crippen LogP contribution in [0.1, 0.15) is 29.9 Å². The van der Waals surface area contributed by atoms with Gasteiger partial charge in [0, 0.05) is 0 Å². The third-order valence-electron chi connectivity index (χ3n) is 1.51. The first kappa shape index (κ1) is 9.57. The van der Waals surface area contributed by atoms with Crippen LogP contribution in [0.3, 0.4) is 0 Å². The molecular formula is C8H9FN2O2. The second kappa shape index (κ2) is 3.08. The van der Waals surface area contributed by atoms with Gasteiger partial charge in [-0.3, -0.25) is 0 Å². The molecule has 1 aromatic heterocycles. The minimum absolute atomic E-state index is 0.0207. The third kappa shape index (κ3) is 2.21. The monoisotopic (exact) mass is 184 g/mol. The average molecular weight is 184 g/mol. The van der Waals surface area contributed by atoms with Gasteiger partial charge in [0.25, 0.3) is 0 Å². The van der Waals surface area contributed by atoms with Gasteiger partial charge < -0.3 is 5.11 Å². The van der Waals surface area contributed by atoms with Crippen LogP contribution in [0.15, 0.2) is 12.3 Å². The molecule has 1 aromatic rings. The van der Waals surface area contributed by atoms with Crippen molar-refractivity contribution in [3.05, 3.63) is 23.5 Å². The number of carbonyl (C=O) groups is 1. The second-order valence-corrected chi connectivity index (χ2v) is 3.11. The van der Waals surface area contributed by atoms with Crippen LogP contribution < -0.4 is 0 Å². The van der Waals surface area contributed by atoms with Gasteiger partial charge in [0.2, 0.25) is 0 Å². The summed E-state index contributed by atoms with van der Waals surface area (Å²) in [5.74, 6) is -1.14. The largest absolute Gasteiger partial charge is 0.478 e. The van der Waals surface area contributed by atoms with Crippen molar-refractivity contribution in [3.63, 3.8) is 0 Å². The van der Waals surface area contributed by atoms with Crippen LogP contribution in [0, 0.1) is 0 Å². The number of halogens is 1. The zero-order chi connectivity index (χ0) is 10.1. The van der Waals surface area contributed by atoms with Gasteiger partial charge >= 0.3 is 5.97 Å². The van der Waals surface area contributed by atoms with Crippen molar-refractivity contribution in [2.45, 2.75) is 19.5 Å². The van der Waals surface area contributed by atoms with Crippen molar-refractivity contribution in [2.24, 2.45) is 0 Å². The highest BCUT2D eigenvalue weighted by Crippen LogP contribution is 2.21. The van der Waals surface area contributed by atoms with Crippen LogP contribution in [0.4, 0.5) is 4.39 Å². The number of rotatable bonds is 2. The van der Waals surface area contributed by atoms with Crippen molar-refractivity contribution in [2.75, 3.05) is 0 Å². The van der Waals surface area contributed by atoms with Crippen molar-refractivity contribution < 1.29 is 14.3 Å². The summed E-state index contributed by atoms with van der Waals surface area (Å²) in [4.78, 5) is 10.5. The third-order valence-corrected chi connectivity index (χ3v) is 1.51. The van der Waals surface area contributed by atoms with E-state index in [0.717, 1.165) is 6.20 Å². The Bertz CT molecular complexity index is 333. The number of aromatic nitrogens is 2. The molecule has 1 heterocycles. The molecule has 5 heteroatoms. The van der Waals surface area contributed by atoms with Gasteiger partial charge in [-0.1, -0.05) is 0 Å². The Balaban J connectivity index is 3.13. The fourth-order valence-electron chi connectivity index (χ4n) is 0.774. The first-order chi connectivity index (χ1) is 5.91. The normalized spacial score (nSPS) is 11.3. The number of hydrogen-bond donors (Lipinski definition) is 1. The number of hydrogen-bond acceptors (Lipinski definition) is 3. The van der Waals surface area contributed by atoms with Crippen LogP contribution in [-0.4, -0.2) is 21.3 Å². The lowest BCUT2D eigenvalue weighted by Gasteiger charge is -2.11. The van der Waals surface area contributed by atoms with Crippen molar-refractivity contribution >= 4 is 5.97 Å². The first-order valence-corrected chi connectivity index (χ1v) is 3.66. The predicted molar refractivity (Wildman–Crippen MR) is 43.1 cm³/mol. The van der Waals surface area contributed by atoms with E-state index in [4.69, 9.17) is 5.11 Å². The van der Waals surface area contributed by atoms with E-state index in [-0.39, 0.29) is 11.3 Å². The van der Waals surface area contributed by atoms with Crippen LogP contribution in [-0.2, 0) is 5.67 Å². The van der Waals surface area contributed by atoms with E-state index in [9.17, 15) is 9.18 Å². The SMILES string of the molecule is CC(C)(F)c1cc(C(=O)O)cnn1. The summed E-state index contributed by atoms with van der Waals surface area (Å²) in [6.45, 7) is 2.59.